The summed E-state index contributed by atoms with van der Waals surface area (Å²) in [5, 5.41) is 10.7. The lowest BCUT2D eigenvalue weighted by molar-refractivity contribution is -0.137. The standard InChI is InChI=1S/C17H12BrF3OS/c18-14-6-2-4-11-8-15(23-16(11)14)13(9-22)10-3-1-5-12(7-10)17(19,20)21/h1-8,13,22H,9H2. The van der Waals surface area contributed by atoms with Gasteiger partial charge < -0.3 is 5.11 Å². The van der Waals surface area contributed by atoms with Gasteiger partial charge in [-0.05, 0) is 45.1 Å². The van der Waals surface area contributed by atoms with Gasteiger partial charge in [-0.3, -0.25) is 0 Å². The van der Waals surface area contributed by atoms with Gasteiger partial charge in [0.05, 0.1) is 12.2 Å². The molecule has 0 fully saturated rings. The molecular formula is C17H12BrF3OS. The Morgan fingerprint density at radius 1 is 1.09 bits per heavy atom. The van der Waals surface area contributed by atoms with Crippen LogP contribution in [0, 0.1) is 0 Å². The molecule has 1 unspecified atom stereocenters. The lowest BCUT2D eigenvalue weighted by Gasteiger charge is -2.15. The Bertz CT molecular complexity index is 841. The summed E-state index contributed by atoms with van der Waals surface area (Å²) in [4.78, 5) is 0.841. The Balaban J connectivity index is 2.06. The zero-order chi connectivity index (χ0) is 16.6. The molecular weight excluding hydrogens is 389 g/mol. The first-order valence-electron chi connectivity index (χ1n) is 6.86. The van der Waals surface area contributed by atoms with Crippen molar-refractivity contribution >= 4 is 37.4 Å². The maximum atomic E-state index is 12.9. The van der Waals surface area contributed by atoms with Crippen LogP contribution in [0.1, 0.15) is 21.9 Å². The summed E-state index contributed by atoms with van der Waals surface area (Å²) < 4.78 is 40.6. The van der Waals surface area contributed by atoms with E-state index in [1.165, 1.54) is 17.4 Å². The van der Waals surface area contributed by atoms with E-state index in [0.717, 1.165) is 31.6 Å². The molecule has 0 aliphatic carbocycles. The van der Waals surface area contributed by atoms with Crippen LogP contribution in [0.4, 0.5) is 13.2 Å². The van der Waals surface area contributed by atoms with Gasteiger partial charge in [-0.2, -0.15) is 13.2 Å². The first-order chi connectivity index (χ1) is 10.9. The Morgan fingerprint density at radius 2 is 1.83 bits per heavy atom. The van der Waals surface area contributed by atoms with E-state index in [-0.39, 0.29) is 6.61 Å². The predicted molar refractivity (Wildman–Crippen MR) is 89.9 cm³/mol. The summed E-state index contributed by atoms with van der Waals surface area (Å²) in [7, 11) is 0. The minimum absolute atomic E-state index is 0.244. The van der Waals surface area contributed by atoms with Crippen LogP contribution in [0.3, 0.4) is 0 Å². The van der Waals surface area contributed by atoms with E-state index in [1.807, 2.05) is 24.3 Å². The van der Waals surface area contributed by atoms with Gasteiger partial charge >= 0.3 is 6.18 Å². The van der Waals surface area contributed by atoms with Crippen molar-refractivity contribution in [1.29, 1.82) is 0 Å². The van der Waals surface area contributed by atoms with Gasteiger partial charge in [0.1, 0.15) is 0 Å². The van der Waals surface area contributed by atoms with E-state index in [4.69, 9.17) is 0 Å². The van der Waals surface area contributed by atoms with Crippen LogP contribution in [0.15, 0.2) is 53.0 Å². The number of hydrogen-bond donors (Lipinski definition) is 1. The van der Waals surface area contributed by atoms with Gasteiger partial charge in [-0.1, -0.05) is 30.3 Å². The van der Waals surface area contributed by atoms with Gasteiger partial charge in [0, 0.05) is 20.0 Å². The van der Waals surface area contributed by atoms with Crippen LogP contribution in [0.2, 0.25) is 0 Å². The summed E-state index contributed by atoms with van der Waals surface area (Å²) in [6, 6.07) is 12.8. The van der Waals surface area contributed by atoms with Gasteiger partial charge in [-0.25, -0.2) is 0 Å². The minimum Gasteiger partial charge on any atom is -0.395 e. The fourth-order valence-electron chi connectivity index (χ4n) is 2.51. The van der Waals surface area contributed by atoms with Crippen molar-refractivity contribution in [1.82, 2.24) is 0 Å². The largest absolute Gasteiger partial charge is 0.416 e. The number of thiophene rings is 1. The molecule has 3 aromatic rings. The van der Waals surface area contributed by atoms with Gasteiger partial charge in [0.25, 0.3) is 0 Å². The Morgan fingerprint density at radius 3 is 2.48 bits per heavy atom. The first kappa shape index (κ1) is 16.5. The summed E-state index contributed by atoms with van der Waals surface area (Å²) in [6.45, 7) is -0.244. The van der Waals surface area contributed by atoms with Crippen LogP contribution < -0.4 is 0 Å². The van der Waals surface area contributed by atoms with Gasteiger partial charge in [0.2, 0.25) is 0 Å². The van der Waals surface area contributed by atoms with Gasteiger partial charge in [-0.15, -0.1) is 11.3 Å². The molecule has 0 amide bonds. The molecule has 3 rings (SSSR count). The Hall–Kier alpha value is -1.37. The molecule has 0 aliphatic heterocycles. The maximum Gasteiger partial charge on any atom is 0.416 e. The highest BCUT2D eigenvalue weighted by atomic mass is 79.9. The zero-order valence-corrected chi connectivity index (χ0v) is 14.2. The van der Waals surface area contributed by atoms with E-state index in [0.29, 0.717) is 5.56 Å². The molecule has 0 saturated heterocycles. The SMILES string of the molecule is OCC(c1cccc(C(F)(F)F)c1)c1cc2cccc(Br)c2s1. The fraction of sp³-hybridized carbons (Fsp3) is 0.176. The summed E-state index contributed by atoms with van der Waals surface area (Å²) in [5.41, 5.74) is -0.235. The fourth-order valence-corrected chi connectivity index (χ4v) is 4.32. The van der Waals surface area contributed by atoms with Crippen LogP contribution in [-0.4, -0.2) is 11.7 Å². The van der Waals surface area contributed by atoms with Crippen molar-refractivity contribution in [3.05, 3.63) is 69.0 Å². The summed E-state index contributed by atoms with van der Waals surface area (Å²) >= 11 is 4.95. The third-order valence-corrected chi connectivity index (χ3v) is 5.88. The molecule has 0 aliphatic rings. The van der Waals surface area contributed by atoms with E-state index < -0.39 is 17.7 Å². The van der Waals surface area contributed by atoms with E-state index in [2.05, 4.69) is 15.9 Å². The third kappa shape index (κ3) is 3.29. The Labute approximate surface area is 143 Å². The number of aliphatic hydroxyl groups excluding tert-OH is 1. The highest BCUT2D eigenvalue weighted by Gasteiger charge is 2.31. The molecule has 1 heterocycles. The lowest BCUT2D eigenvalue weighted by Crippen LogP contribution is -2.09. The summed E-state index contributed by atoms with van der Waals surface area (Å²) in [5.74, 6) is -0.471. The molecule has 6 heteroatoms. The molecule has 1 aromatic heterocycles. The van der Waals surface area contributed by atoms with Crippen molar-refractivity contribution in [2.24, 2.45) is 0 Å². The topological polar surface area (TPSA) is 20.2 Å². The number of rotatable bonds is 3. The van der Waals surface area contributed by atoms with Crippen LogP contribution >= 0.6 is 27.3 Å². The zero-order valence-electron chi connectivity index (χ0n) is 11.8. The van der Waals surface area contributed by atoms with Crippen LogP contribution in [-0.2, 0) is 6.18 Å². The van der Waals surface area contributed by atoms with E-state index in [9.17, 15) is 18.3 Å². The number of hydrogen-bond acceptors (Lipinski definition) is 2. The second kappa shape index (κ2) is 6.26. The monoisotopic (exact) mass is 400 g/mol. The molecule has 2 aromatic carbocycles. The highest BCUT2D eigenvalue weighted by Crippen LogP contribution is 2.39. The normalized spacial score (nSPS) is 13.4. The average molecular weight is 401 g/mol. The molecule has 0 saturated carbocycles. The predicted octanol–water partition coefficient (Wildman–Crippen LogP) is 5.81. The molecule has 1 N–H and O–H groups in total. The second-order valence-corrected chi connectivity index (χ2v) is 7.10. The van der Waals surface area contributed by atoms with Crippen molar-refractivity contribution < 1.29 is 18.3 Å². The van der Waals surface area contributed by atoms with E-state index >= 15 is 0 Å². The van der Waals surface area contributed by atoms with Crippen molar-refractivity contribution in [2.75, 3.05) is 6.61 Å². The van der Waals surface area contributed by atoms with Crippen molar-refractivity contribution in [3.8, 4) is 0 Å². The number of benzene rings is 2. The van der Waals surface area contributed by atoms with Crippen LogP contribution in [0.5, 0.6) is 0 Å². The Kier molecular flexibility index (Phi) is 4.49. The second-order valence-electron chi connectivity index (χ2n) is 5.17. The number of aliphatic hydroxyl groups is 1. The maximum absolute atomic E-state index is 12.9. The van der Waals surface area contributed by atoms with Gasteiger partial charge in [0.15, 0.2) is 0 Å². The van der Waals surface area contributed by atoms with Crippen LogP contribution in [0.25, 0.3) is 10.1 Å². The molecule has 0 spiro atoms. The smallest absolute Gasteiger partial charge is 0.395 e. The molecule has 1 atom stereocenters. The molecule has 120 valence electrons. The molecule has 0 radical (unpaired) electrons. The highest BCUT2D eigenvalue weighted by molar-refractivity contribution is 9.10. The quantitative estimate of drug-likeness (QED) is 0.588. The third-order valence-electron chi connectivity index (χ3n) is 3.66. The van der Waals surface area contributed by atoms with Crippen molar-refractivity contribution in [3.63, 3.8) is 0 Å². The molecule has 0 bridgehead atoms. The summed E-state index contributed by atoms with van der Waals surface area (Å²) in [6.07, 6.45) is -4.39. The molecule has 1 nitrogen and oxygen atoms in total. The van der Waals surface area contributed by atoms with E-state index in [1.54, 1.807) is 6.07 Å². The first-order valence-corrected chi connectivity index (χ1v) is 8.47. The average Bonchev–Trinajstić information content (AvgIpc) is 2.93. The van der Waals surface area contributed by atoms with Crippen molar-refractivity contribution in [2.45, 2.75) is 12.1 Å². The minimum atomic E-state index is -4.39. The number of alkyl halides is 3. The lowest BCUT2D eigenvalue weighted by atomic mass is 9.96. The molecule has 23 heavy (non-hydrogen) atoms. The number of halogens is 4. The number of fused-ring (bicyclic) bond motifs is 1.